The van der Waals surface area contributed by atoms with Gasteiger partial charge in [-0.25, -0.2) is 0 Å². The molecule has 1 saturated carbocycles. The summed E-state index contributed by atoms with van der Waals surface area (Å²) in [5.74, 6) is 0.773. The molecule has 1 atom stereocenters. The standard InChI is InChI=1S/C10H17ClN2S/c11-8-3-1-7(2-4-8)10-13-9(5-12)6-14-10/h6-8,10,13H,1-5,12H2. The maximum Gasteiger partial charge on any atom is 0.0789 e. The van der Waals surface area contributed by atoms with Gasteiger partial charge in [0.1, 0.15) is 0 Å². The van der Waals surface area contributed by atoms with E-state index in [1.54, 1.807) is 0 Å². The van der Waals surface area contributed by atoms with Gasteiger partial charge in [-0.1, -0.05) is 0 Å². The molecule has 80 valence electrons. The van der Waals surface area contributed by atoms with Gasteiger partial charge in [0.15, 0.2) is 0 Å². The third-order valence-electron chi connectivity index (χ3n) is 3.03. The van der Waals surface area contributed by atoms with E-state index in [2.05, 4.69) is 10.7 Å². The van der Waals surface area contributed by atoms with Gasteiger partial charge in [-0.05, 0) is 37.0 Å². The highest BCUT2D eigenvalue weighted by Crippen LogP contribution is 2.36. The van der Waals surface area contributed by atoms with Gasteiger partial charge in [-0.15, -0.1) is 23.4 Å². The van der Waals surface area contributed by atoms with E-state index in [4.69, 9.17) is 17.3 Å². The highest BCUT2D eigenvalue weighted by molar-refractivity contribution is 8.03. The van der Waals surface area contributed by atoms with E-state index in [0.29, 0.717) is 17.3 Å². The average molecular weight is 233 g/mol. The number of halogens is 1. The van der Waals surface area contributed by atoms with Crippen molar-refractivity contribution in [2.24, 2.45) is 11.7 Å². The molecule has 3 N–H and O–H groups in total. The van der Waals surface area contributed by atoms with Crippen LogP contribution in [-0.2, 0) is 0 Å². The summed E-state index contributed by atoms with van der Waals surface area (Å²) in [4.78, 5) is 0. The Morgan fingerprint density at radius 1 is 1.43 bits per heavy atom. The highest BCUT2D eigenvalue weighted by atomic mass is 35.5. The molecule has 4 heteroatoms. The summed E-state index contributed by atoms with van der Waals surface area (Å²) < 4.78 is 0. The highest BCUT2D eigenvalue weighted by Gasteiger charge is 2.29. The maximum absolute atomic E-state index is 6.08. The monoisotopic (exact) mass is 232 g/mol. The zero-order chi connectivity index (χ0) is 9.97. The van der Waals surface area contributed by atoms with Crippen LogP contribution >= 0.6 is 23.4 Å². The summed E-state index contributed by atoms with van der Waals surface area (Å²) in [5, 5.41) is 6.62. The fraction of sp³-hybridized carbons (Fsp3) is 0.800. The Bertz CT molecular complexity index is 224. The van der Waals surface area contributed by atoms with Gasteiger partial charge < -0.3 is 11.1 Å². The third kappa shape index (κ3) is 2.38. The maximum atomic E-state index is 6.08. The Balaban J connectivity index is 1.81. The lowest BCUT2D eigenvalue weighted by Gasteiger charge is -2.29. The molecule has 1 heterocycles. The van der Waals surface area contributed by atoms with E-state index in [1.165, 1.54) is 31.4 Å². The lowest BCUT2D eigenvalue weighted by Crippen LogP contribution is -2.33. The number of hydrogen-bond donors (Lipinski definition) is 2. The smallest absolute Gasteiger partial charge is 0.0789 e. The van der Waals surface area contributed by atoms with E-state index in [0.717, 1.165) is 5.92 Å². The number of alkyl halides is 1. The largest absolute Gasteiger partial charge is 0.375 e. The van der Waals surface area contributed by atoms with E-state index in [1.807, 2.05) is 11.8 Å². The first-order valence-electron chi connectivity index (χ1n) is 5.25. The summed E-state index contributed by atoms with van der Waals surface area (Å²) in [5.41, 5.74) is 6.77. The van der Waals surface area contributed by atoms with Crippen LogP contribution in [0.25, 0.3) is 0 Å². The molecule has 2 aliphatic rings. The topological polar surface area (TPSA) is 38.0 Å². The van der Waals surface area contributed by atoms with Crippen molar-refractivity contribution in [2.45, 2.75) is 36.4 Å². The molecular formula is C10H17ClN2S. The van der Waals surface area contributed by atoms with Crippen molar-refractivity contribution in [3.63, 3.8) is 0 Å². The van der Waals surface area contributed by atoms with Crippen LogP contribution < -0.4 is 11.1 Å². The van der Waals surface area contributed by atoms with Crippen molar-refractivity contribution in [3.05, 3.63) is 11.1 Å². The summed E-state index contributed by atoms with van der Waals surface area (Å²) in [7, 11) is 0. The molecule has 1 fully saturated rings. The molecular weight excluding hydrogens is 216 g/mol. The van der Waals surface area contributed by atoms with Gasteiger partial charge in [0.25, 0.3) is 0 Å². The molecule has 0 aromatic rings. The minimum Gasteiger partial charge on any atom is -0.375 e. The predicted molar refractivity (Wildman–Crippen MR) is 63.3 cm³/mol. The fourth-order valence-corrected chi connectivity index (χ4v) is 3.56. The second-order valence-electron chi connectivity index (χ2n) is 4.06. The number of nitrogens with two attached hydrogens (primary N) is 1. The van der Waals surface area contributed by atoms with Gasteiger partial charge >= 0.3 is 0 Å². The molecule has 1 aliphatic carbocycles. The van der Waals surface area contributed by atoms with E-state index in [9.17, 15) is 0 Å². The van der Waals surface area contributed by atoms with Crippen LogP contribution in [-0.4, -0.2) is 17.3 Å². The summed E-state index contributed by atoms with van der Waals surface area (Å²) >= 11 is 7.97. The second kappa shape index (κ2) is 4.77. The van der Waals surface area contributed by atoms with Crippen LogP contribution in [0.2, 0.25) is 0 Å². The van der Waals surface area contributed by atoms with Gasteiger partial charge in [0.05, 0.1) is 5.37 Å². The van der Waals surface area contributed by atoms with E-state index in [-0.39, 0.29) is 0 Å². The normalized spacial score (nSPS) is 37.9. The van der Waals surface area contributed by atoms with Gasteiger partial charge in [-0.3, -0.25) is 0 Å². The van der Waals surface area contributed by atoms with E-state index >= 15 is 0 Å². The van der Waals surface area contributed by atoms with Gasteiger partial charge in [0, 0.05) is 17.6 Å². The van der Waals surface area contributed by atoms with Crippen molar-refractivity contribution in [2.75, 3.05) is 6.54 Å². The zero-order valence-electron chi connectivity index (χ0n) is 8.21. The van der Waals surface area contributed by atoms with Gasteiger partial charge in [0.2, 0.25) is 0 Å². The van der Waals surface area contributed by atoms with Crippen LogP contribution in [0.3, 0.4) is 0 Å². The first-order valence-corrected chi connectivity index (χ1v) is 6.62. The summed E-state index contributed by atoms with van der Waals surface area (Å²) in [6, 6.07) is 0. The van der Waals surface area contributed by atoms with Crippen molar-refractivity contribution in [3.8, 4) is 0 Å². The Labute approximate surface area is 94.6 Å². The molecule has 0 aromatic carbocycles. The molecule has 0 amide bonds. The third-order valence-corrected chi connectivity index (χ3v) is 4.69. The van der Waals surface area contributed by atoms with Crippen molar-refractivity contribution in [1.82, 2.24) is 5.32 Å². The van der Waals surface area contributed by atoms with Crippen LogP contribution in [0, 0.1) is 5.92 Å². The molecule has 14 heavy (non-hydrogen) atoms. The number of hydrogen-bond acceptors (Lipinski definition) is 3. The minimum atomic E-state index is 0.416. The summed E-state index contributed by atoms with van der Waals surface area (Å²) in [6.07, 6.45) is 4.85. The fourth-order valence-electron chi connectivity index (χ4n) is 2.12. The predicted octanol–water partition coefficient (Wildman–Crippen LogP) is 2.25. The minimum absolute atomic E-state index is 0.416. The number of thioether (sulfide) groups is 1. The number of nitrogens with one attached hydrogen (secondary N) is 1. The first-order chi connectivity index (χ1) is 6.79. The van der Waals surface area contributed by atoms with Crippen molar-refractivity contribution in [1.29, 1.82) is 0 Å². The Morgan fingerprint density at radius 3 is 2.71 bits per heavy atom. The van der Waals surface area contributed by atoms with Crippen molar-refractivity contribution >= 4 is 23.4 Å². The van der Waals surface area contributed by atoms with Crippen LogP contribution in [0.4, 0.5) is 0 Å². The Morgan fingerprint density at radius 2 is 2.14 bits per heavy atom. The Hall–Kier alpha value is 0.140. The summed E-state index contributed by atoms with van der Waals surface area (Å²) in [6.45, 7) is 0.633. The molecule has 0 bridgehead atoms. The average Bonchev–Trinajstić information content (AvgIpc) is 2.67. The van der Waals surface area contributed by atoms with Crippen molar-refractivity contribution < 1.29 is 0 Å². The molecule has 0 aromatic heterocycles. The molecule has 2 nitrogen and oxygen atoms in total. The first kappa shape index (κ1) is 10.7. The SMILES string of the molecule is NCC1=CSC(C2CCC(Cl)CC2)N1. The molecule has 2 rings (SSSR count). The molecule has 1 unspecified atom stereocenters. The van der Waals surface area contributed by atoms with Crippen LogP contribution in [0.5, 0.6) is 0 Å². The Kier molecular flexibility index (Phi) is 3.63. The van der Waals surface area contributed by atoms with Crippen LogP contribution in [0.1, 0.15) is 25.7 Å². The lowest BCUT2D eigenvalue weighted by atomic mass is 9.88. The van der Waals surface area contributed by atoms with Gasteiger partial charge in [-0.2, -0.15) is 0 Å². The lowest BCUT2D eigenvalue weighted by molar-refractivity contribution is 0.339. The zero-order valence-corrected chi connectivity index (χ0v) is 9.78. The van der Waals surface area contributed by atoms with Crippen LogP contribution in [0.15, 0.2) is 11.1 Å². The molecule has 0 spiro atoms. The molecule has 0 radical (unpaired) electrons. The van der Waals surface area contributed by atoms with E-state index < -0.39 is 0 Å². The molecule has 0 saturated heterocycles. The second-order valence-corrected chi connectivity index (χ2v) is 5.69. The number of rotatable bonds is 2. The molecule has 1 aliphatic heterocycles. The quantitative estimate of drug-likeness (QED) is 0.718.